The Morgan fingerprint density at radius 2 is 2.08 bits per heavy atom. The van der Waals surface area contributed by atoms with Crippen LogP contribution in [0.5, 0.6) is 5.75 Å². The molecule has 0 aliphatic carbocycles. The van der Waals surface area contributed by atoms with Gasteiger partial charge in [0.15, 0.2) is 17.4 Å². The highest BCUT2D eigenvalue weighted by Crippen LogP contribution is 2.37. The van der Waals surface area contributed by atoms with Gasteiger partial charge in [-0.25, -0.2) is 9.97 Å². The number of nitrogen functional groups attached to an aromatic ring is 1. The van der Waals surface area contributed by atoms with Gasteiger partial charge in [0.2, 0.25) is 0 Å². The van der Waals surface area contributed by atoms with Crippen LogP contribution >= 0.6 is 0 Å². The summed E-state index contributed by atoms with van der Waals surface area (Å²) in [6.45, 7) is 1.48. The Labute approximate surface area is 144 Å². The number of hydrogen-bond donors (Lipinski definition) is 2. The topological polar surface area (TPSA) is 108 Å². The first-order valence-corrected chi connectivity index (χ1v) is 7.56. The number of aryl methyl sites for hydroxylation is 1. The maximum absolute atomic E-state index is 11.8. The number of anilines is 3. The number of ketones is 1. The molecule has 3 rings (SSSR count). The number of benzene rings is 1. The van der Waals surface area contributed by atoms with E-state index in [1.54, 1.807) is 31.2 Å². The molecule has 0 saturated heterocycles. The van der Waals surface area contributed by atoms with E-state index in [2.05, 4.69) is 20.4 Å². The van der Waals surface area contributed by atoms with Gasteiger partial charge >= 0.3 is 0 Å². The Bertz CT molecular complexity index is 935. The van der Waals surface area contributed by atoms with Crippen molar-refractivity contribution in [2.24, 2.45) is 7.05 Å². The summed E-state index contributed by atoms with van der Waals surface area (Å²) in [5.74, 6) is 1.31. The van der Waals surface area contributed by atoms with Crippen LogP contribution in [0.15, 0.2) is 36.8 Å². The van der Waals surface area contributed by atoms with Crippen LogP contribution in [0.1, 0.15) is 17.3 Å². The van der Waals surface area contributed by atoms with Crippen molar-refractivity contribution in [2.45, 2.75) is 6.92 Å². The van der Waals surface area contributed by atoms with Crippen LogP contribution in [-0.4, -0.2) is 32.6 Å². The summed E-state index contributed by atoms with van der Waals surface area (Å²) < 4.78 is 7.18. The second-order valence-electron chi connectivity index (χ2n) is 5.46. The number of nitrogens with zero attached hydrogens (tertiary/aromatic N) is 4. The average molecular weight is 338 g/mol. The number of hydrogen-bond acceptors (Lipinski definition) is 7. The minimum absolute atomic E-state index is 0.114. The lowest BCUT2D eigenvalue weighted by Gasteiger charge is -2.15. The minimum Gasteiger partial charge on any atom is -0.494 e. The zero-order valence-electron chi connectivity index (χ0n) is 14.1. The number of carbonyl (C=O) groups is 1. The van der Waals surface area contributed by atoms with Gasteiger partial charge in [0.25, 0.3) is 0 Å². The molecular formula is C17H18N6O2. The SMILES string of the molecule is COc1c(Nc2cc(N)ncc2C(C)=O)cccc1-c1ncn(C)n1. The van der Waals surface area contributed by atoms with Gasteiger partial charge in [0, 0.05) is 19.3 Å². The first-order valence-electron chi connectivity index (χ1n) is 7.56. The third kappa shape index (κ3) is 3.27. The van der Waals surface area contributed by atoms with E-state index in [1.807, 2.05) is 18.2 Å². The Kier molecular flexibility index (Phi) is 4.34. The molecule has 0 bridgehead atoms. The summed E-state index contributed by atoms with van der Waals surface area (Å²) in [6, 6.07) is 7.17. The highest BCUT2D eigenvalue weighted by Gasteiger charge is 2.16. The van der Waals surface area contributed by atoms with Gasteiger partial charge in [-0.3, -0.25) is 9.48 Å². The monoisotopic (exact) mass is 338 g/mol. The summed E-state index contributed by atoms with van der Waals surface area (Å²) in [5, 5.41) is 7.51. The van der Waals surface area contributed by atoms with Crippen molar-refractivity contribution < 1.29 is 9.53 Å². The van der Waals surface area contributed by atoms with E-state index in [0.29, 0.717) is 34.3 Å². The third-order valence-corrected chi connectivity index (χ3v) is 3.63. The van der Waals surface area contributed by atoms with Crippen LogP contribution in [0.2, 0.25) is 0 Å². The van der Waals surface area contributed by atoms with Crippen molar-refractivity contribution in [2.75, 3.05) is 18.2 Å². The number of aromatic nitrogens is 4. The van der Waals surface area contributed by atoms with Crippen molar-refractivity contribution in [3.63, 3.8) is 0 Å². The molecule has 0 saturated carbocycles. The molecule has 2 aromatic heterocycles. The highest BCUT2D eigenvalue weighted by atomic mass is 16.5. The molecule has 0 aliphatic rings. The van der Waals surface area contributed by atoms with E-state index in [0.717, 1.165) is 5.56 Å². The molecule has 8 nitrogen and oxygen atoms in total. The number of ether oxygens (including phenoxy) is 1. The highest BCUT2D eigenvalue weighted by molar-refractivity contribution is 6.00. The van der Waals surface area contributed by atoms with Crippen LogP contribution in [-0.2, 0) is 7.05 Å². The first kappa shape index (κ1) is 16.4. The maximum atomic E-state index is 11.8. The molecule has 0 fully saturated rings. The standard InChI is InChI=1S/C17H18N6O2/c1-10(24)12-8-19-15(18)7-14(12)21-13-6-4-5-11(16(13)25-3)17-20-9-23(2)22-17/h4-9H,1-3H3,(H3,18,19,21). The third-order valence-electron chi connectivity index (χ3n) is 3.63. The number of methoxy groups -OCH3 is 1. The molecular weight excluding hydrogens is 320 g/mol. The smallest absolute Gasteiger partial charge is 0.184 e. The van der Waals surface area contributed by atoms with Gasteiger partial charge < -0.3 is 15.8 Å². The van der Waals surface area contributed by atoms with Crippen LogP contribution in [0, 0.1) is 0 Å². The largest absolute Gasteiger partial charge is 0.494 e. The van der Waals surface area contributed by atoms with E-state index in [-0.39, 0.29) is 5.78 Å². The molecule has 0 unspecified atom stereocenters. The second kappa shape index (κ2) is 6.60. The second-order valence-corrected chi connectivity index (χ2v) is 5.46. The molecule has 1 aromatic carbocycles. The van der Waals surface area contributed by atoms with E-state index in [4.69, 9.17) is 10.5 Å². The van der Waals surface area contributed by atoms with Gasteiger partial charge in [0.1, 0.15) is 12.1 Å². The summed E-state index contributed by atoms with van der Waals surface area (Å²) in [7, 11) is 3.36. The minimum atomic E-state index is -0.114. The number of carbonyl (C=O) groups excluding carboxylic acids is 1. The van der Waals surface area contributed by atoms with Crippen LogP contribution in [0.3, 0.4) is 0 Å². The zero-order valence-corrected chi connectivity index (χ0v) is 14.1. The van der Waals surface area contributed by atoms with Crippen molar-refractivity contribution in [1.29, 1.82) is 0 Å². The van der Waals surface area contributed by atoms with Crippen molar-refractivity contribution in [3.05, 3.63) is 42.4 Å². The number of Topliss-reactive ketones (excluding diaryl/α,β-unsaturated/α-hetero) is 1. The predicted octanol–water partition coefficient (Wildman–Crippen LogP) is 2.41. The van der Waals surface area contributed by atoms with Crippen molar-refractivity contribution in [1.82, 2.24) is 19.7 Å². The number of nitrogens with one attached hydrogen (secondary N) is 1. The van der Waals surface area contributed by atoms with Gasteiger partial charge in [-0.2, -0.15) is 5.10 Å². The molecule has 128 valence electrons. The summed E-state index contributed by atoms with van der Waals surface area (Å²) in [4.78, 5) is 20.1. The summed E-state index contributed by atoms with van der Waals surface area (Å²) >= 11 is 0. The quantitative estimate of drug-likeness (QED) is 0.688. The molecule has 25 heavy (non-hydrogen) atoms. The molecule has 0 radical (unpaired) electrons. The van der Waals surface area contributed by atoms with Crippen molar-refractivity contribution in [3.8, 4) is 17.1 Å². The van der Waals surface area contributed by atoms with Gasteiger partial charge in [0.05, 0.1) is 29.6 Å². The lowest BCUT2D eigenvalue weighted by molar-refractivity contribution is 0.101. The van der Waals surface area contributed by atoms with Gasteiger partial charge in [-0.15, -0.1) is 0 Å². The molecule has 0 spiro atoms. The van der Waals surface area contributed by atoms with Crippen LogP contribution in [0.4, 0.5) is 17.2 Å². The Morgan fingerprint density at radius 1 is 1.28 bits per heavy atom. The molecule has 0 aliphatic heterocycles. The van der Waals surface area contributed by atoms with Crippen molar-refractivity contribution >= 4 is 23.0 Å². The number of nitrogens with two attached hydrogens (primary N) is 1. The molecule has 3 N–H and O–H groups in total. The fraction of sp³-hybridized carbons (Fsp3) is 0.176. The summed E-state index contributed by atoms with van der Waals surface area (Å²) in [5.41, 5.74) is 8.16. The lowest BCUT2D eigenvalue weighted by atomic mass is 10.1. The normalized spacial score (nSPS) is 10.5. The van der Waals surface area contributed by atoms with Gasteiger partial charge in [-0.1, -0.05) is 6.07 Å². The van der Waals surface area contributed by atoms with E-state index < -0.39 is 0 Å². The van der Waals surface area contributed by atoms with E-state index in [9.17, 15) is 4.79 Å². The lowest BCUT2D eigenvalue weighted by Crippen LogP contribution is -2.05. The first-order chi connectivity index (χ1) is 12.0. The maximum Gasteiger partial charge on any atom is 0.184 e. The van der Waals surface area contributed by atoms with Crippen LogP contribution in [0.25, 0.3) is 11.4 Å². The van der Waals surface area contributed by atoms with E-state index >= 15 is 0 Å². The Morgan fingerprint density at radius 3 is 2.72 bits per heavy atom. The average Bonchev–Trinajstić information content (AvgIpc) is 3.00. The van der Waals surface area contributed by atoms with Crippen LogP contribution < -0.4 is 15.8 Å². The van der Waals surface area contributed by atoms with E-state index in [1.165, 1.54) is 13.1 Å². The summed E-state index contributed by atoms with van der Waals surface area (Å²) in [6.07, 6.45) is 3.07. The Balaban J connectivity index is 2.07. The Hall–Kier alpha value is -3.42. The predicted molar refractivity (Wildman–Crippen MR) is 94.9 cm³/mol. The number of para-hydroxylation sites is 1. The molecule has 0 atom stereocenters. The molecule has 2 heterocycles. The fourth-order valence-corrected chi connectivity index (χ4v) is 2.49. The molecule has 3 aromatic rings. The zero-order chi connectivity index (χ0) is 18.0. The number of rotatable bonds is 5. The number of pyridine rings is 1. The fourth-order valence-electron chi connectivity index (χ4n) is 2.49. The molecule has 0 amide bonds. The molecule has 8 heteroatoms. The van der Waals surface area contributed by atoms with Gasteiger partial charge in [-0.05, 0) is 19.1 Å².